The SMILES string of the molecule is C/C=C\c1c(C)ccc2cc(N(c3ccc4c(c3)C(c3ccccc3)(c3ccccc3)c3ccccc3-4)c3ccccc3C3=CC=CC4C3c3ccccc3C43CCCCC3)ccc12. The van der Waals surface area contributed by atoms with Crippen LogP contribution in [0.4, 0.5) is 17.1 Å². The molecule has 0 bridgehead atoms. The summed E-state index contributed by atoms with van der Waals surface area (Å²) in [6, 6.07) is 69.2. The number of benzene rings is 8. The molecule has 0 saturated heterocycles. The first-order valence-electron chi connectivity index (χ1n) is 23.5. The summed E-state index contributed by atoms with van der Waals surface area (Å²) in [7, 11) is 0. The van der Waals surface area contributed by atoms with Gasteiger partial charge >= 0.3 is 0 Å². The maximum absolute atomic E-state index is 2.57. The van der Waals surface area contributed by atoms with E-state index in [4.69, 9.17) is 0 Å². The van der Waals surface area contributed by atoms with Crippen LogP contribution in [0.2, 0.25) is 0 Å². The van der Waals surface area contributed by atoms with Crippen molar-refractivity contribution in [3.63, 3.8) is 0 Å². The second-order valence-corrected chi connectivity index (χ2v) is 18.6. The Hall–Kier alpha value is -6.96. The van der Waals surface area contributed by atoms with Gasteiger partial charge in [0.2, 0.25) is 0 Å². The summed E-state index contributed by atoms with van der Waals surface area (Å²) in [5.41, 5.74) is 19.3. The smallest absolute Gasteiger partial charge is 0.0714 e. The molecule has 4 aliphatic carbocycles. The summed E-state index contributed by atoms with van der Waals surface area (Å²) in [5, 5.41) is 2.51. The maximum atomic E-state index is 2.57. The van der Waals surface area contributed by atoms with Crippen LogP contribution in [0.25, 0.3) is 33.5 Å². The third-order valence-corrected chi connectivity index (χ3v) is 15.5. The van der Waals surface area contributed by atoms with Crippen LogP contribution in [0.1, 0.15) is 95.0 Å². The molecule has 1 nitrogen and oxygen atoms in total. The van der Waals surface area contributed by atoms with Crippen molar-refractivity contribution in [1.29, 1.82) is 0 Å². The van der Waals surface area contributed by atoms with Crippen LogP contribution in [-0.2, 0) is 10.8 Å². The zero-order chi connectivity index (χ0) is 42.8. The highest BCUT2D eigenvalue weighted by Crippen LogP contribution is 2.63. The number of hydrogen-bond acceptors (Lipinski definition) is 1. The fraction of sp³-hybridized carbons (Fsp3) is 0.175. The Morgan fingerprint density at radius 2 is 1.20 bits per heavy atom. The van der Waals surface area contributed by atoms with Crippen LogP contribution in [-0.4, -0.2) is 0 Å². The number of nitrogens with zero attached hydrogens (tertiary/aromatic N) is 1. The molecule has 4 aliphatic rings. The lowest BCUT2D eigenvalue weighted by molar-refractivity contribution is 0.235. The van der Waals surface area contributed by atoms with E-state index in [1.54, 1.807) is 5.56 Å². The topological polar surface area (TPSA) is 3.24 Å². The highest BCUT2D eigenvalue weighted by atomic mass is 15.1. The number of allylic oxidation sites excluding steroid dienone is 5. The van der Waals surface area contributed by atoms with Gasteiger partial charge in [0.05, 0.1) is 11.1 Å². The first kappa shape index (κ1) is 38.7. The summed E-state index contributed by atoms with van der Waals surface area (Å²) >= 11 is 0. The standard InChI is InChI=1S/C63H53N/c1-3-20-49-43(2)33-34-44-41-47(35-37-50(44)49)64(60-32-16-13-26-53(60)54-28-19-31-58-61(54)55-27-12-14-29-56(55)62(58)39-17-6-18-40-62)48-36-38-52-51-25-11-15-30-57(51)63(59(52)42-48,45-21-7-4-8-22-45)46-23-9-5-10-24-46/h3-5,7-16,19-38,41-42,58,61H,6,17-18,39-40H2,1-2H3/b20-3-. The molecule has 310 valence electrons. The van der Waals surface area contributed by atoms with Crippen molar-refractivity contribution in [2.24, 2.45) is 5.92 Å². The minimum absolute atomic E-state index is 0.193. The second-order valence-electron chi connectivity index (χ2n) is 18.6. The number of fused-ring (bicyclic) bond motifs is 9. The summed E-state index contributed by atoms with van der Waals surface area (Å²) < 4.78 is 0. The molecule has 8 aromatic rings. The molecule has 0 heterocycles. The van der Waals surface area contributed by atoms with E-state index in [2.05, 4.69) is 231 Å². The molecule has 64 heavy (non-hydrogen) atoms. The maximum Gasteiger partial charge on any atom is 0.0714 e. The molecule has 0 radical (unpaired) electrons. The Morgan fingerprint density at radius 1 is 0.562 bits per heavy atom. The molecule has 1 spiro atoms. The summed E-state index contributed by atoms with van der Waals surface area (Å²) in [6.45, 7) is 4.33. The Morgan fingerprint density at radius 3 is 1.97 bits per heavy atom. The third kappa shape index (κ3) is 5.69. The normalized spacial score (nSPS) is 18.7. The Labute approximate surface area is 378 Å². The van der Waals surface area contributed by atoms with Crippen LogP contribution in [0.5, 0.6) is 0 Å². The van der Waals surface area contributed by atoms with Gasteiger partial charge in [-0.15, -0.1) is 0 Å². The predicted octanol–water partition coefficient (Wildman–Crippen LogP) is 16.6. The molecule has 0 amide bonds. The lowest BCUT2D eigenvalue weighted by atomic mass is 9.62. The molecular formula is C63H53N. The van der Waals surface area contributed by atoms with E-state index in [-0.39, 0.29) is 5.41 Å². The van der Waals surface area contributed by atoms with Crippen LogP contribution in [0.15, 0.2) is 206 Å². The predicted molar refractivity (Wildman–Crippen MR) is 270 cm³/mol. The van der Waals surface area contributed by atoms with Gasteiger partial charge < -0.3 is 4.90 Å². The molecule has 2 unspecified atom stereocenters. The minimum Gasteiger partial charge on any atom is -0.310 e. The first-order valence-corrected chi connectivity index (χ1v) is 23.5. The van der Waals surface area contributed by atoms with Gasteiger partial charge in [-0.05, 0) is 135 Å². The molecule has 8 aromatic carbocycles. The zero-order valence-electron chi connectivity index (χ0n) is 36.8. The van der Waals surface area contributed by atoms with Crippen molar-refractivity contribution in [3.8, 4) is 11.1 Å². The molecule has 1 heteroatoms. The monoisotopic (exact) mass is 823 g/mol. The molecule has 2 atom stereocenters. The number of rotatable bonds is 7. The van der Waals surface area contributed by atoms with Crippen molar-refractivity contribution < 1.29 is 0 Å². The van der Waals surface area contributed by atoms with Gasteiger partial charge in [0.25, 0.3) is 0 Å². The quantitative estimate of drug-likeness (QED) is 0.155. The van der Waals surface area contributed by atoms with Crippen LogP contribution >= 0.6 is 0 Å². The molecule has 0 N–H and O–H groups in total. The lowest BCUT2D eigenvalue weighted by Gasteiger charge is -2.41. The molecule has 12 rings (SSSR count). The van der Waals surface area contributed by atoms with Crippen molar-refractivity contribution in [2.45, 2.75) is 62.7 Å². The van der Waals surface area contributed by atoms with Gasteiger partial charge in [0.1, 0.15) is 0 Å². The Kier molecular flexibility index (Phi) is 9.30. The van der Waals surface area contributed by atoms with Gasteiger partial charge in [-0.25, -0.2) is 0 Å². The largest absolute Gasteiger partial charge is 0.310 e. The number of para-hydroxylation sites is 1. The molecule has 1 fully saturated rings. The van der Waals surface area contributed by atoms with Gasteiger partial charge in [-0.2, -0.15) is 0 Å². The average Bonchev–Trinajstić information content (AvgIpc) is 3.80. The summed E-state index contributed by atoms with van der Waals surface area (Å²) in [4.78, 5) is 2.57. The van der Waals surface area contributed by atoms with Crippen LogP contribution in [0, 0.1) is 12.8 Å². The number of hydrogen-bond donors (Lipinski definition) is 0. The van der Waals surface area contributed by atoms with E-state index >= 15 is 0 Å². The third-order valence-electron chi connectivity index (χ3n) is 15.5. The van der Waals surface area contributed by atoms with Crippen molar-refractivity contribution in [3.05, 3.63) is 256 Å². The van der Waals surface area contributed by atoms with Crippen molar-refractivity contribution >= 4 is 39.5 Å². The fourth-order valence-electron chi connectivity index (χ4n) is 12.9. The van der Waals surface area contributed by atoms with Gasteiger partial charge in [-0.3, -0.25) is 0 Å². The molecular weight excluding hydrogens is 771 g/mol. The van der Waals surface area contributed by atoms with E-state index in [1.165, 1.54) is 110 Å². The Bertz CT molecular complexity index is 3140. The number of anilines is 3. The van der Waals surface area contributed by atoms with Gasteiger partial charge in [0, 0.05) is 28.3 Å². The molecule has 0 aromatic heterocycles. The minimum atomic E-state index is -0.510. The average molecular weight is 824 g/mol. The highest BCUT2D eigenvalue weighted by Gasteiger charge is 2.53. The van der Waals surface area contributed by atoms with Gasteiger partial charge in [-0.1, -0.05) is 201 Å². The molecule has 1 saturated carbocycles. The summed E-state index contributed by atoms with van der Waals surface area (Å²) in [5.74, 6) is 0.736. The van der Waals surface area contributed by atoms with Crippen molar-refractivity contribution in [2.75, 3.05) is 4.90 Å². The number of aryl methyl sites for hydroxylation is 1. The van der Waals surface area contributed by atoms with Crippen molar-refractivity contribution in [1.82, 2.24) is 0 Å². The van der Waals surface area contributed by atoms with Crippen LogP contribution in [0.3, 0.4) is 0 Å². The first-order chi connectivity index (χ1) is 31.6. The van der Waals surface area contributed by atoms with Crippen LogP contribution < -0.4 is 4.90 Å². The second kappa shape index (κ2) is 15.4. The Balaban J connectivity index is 1.11. The molecule has 0 aliphatic heterocycles. The lowest BCUT2D eigenvalue weighted by Crippen LogP contribution is -2.35. The van der Waals surface area contributed by atoms with E-state index < -0.39 is 5.41 Å². The van der Waals surface area contributed by atoms with E-state index in [1.807, 2.05) is 0 Å². The highest BCUT2D eigenvalue weighted by molar-refractivity contribution is 5.98. The van der Waals surface area contributed by atoms with E-state index in [9.17, 15) is 0 Å². The van der Waals surface area contributed by atoms with Gasteiger partial charge in [0.15, 0.2) is 0 Å². The van der Waals surface area contributed by atoms with E-state index in [0.717, 1.165) is 11.4 Å². The fourth-order valence-corrected chi connectivity index (χ4v) is 12.9. The summed E-state index contributed by atoms with van der Waals surface area (Å²) in [6.07, 6.45) is 18.3. The van der Waals surface area contributed by atoms with E-state index in [0.29, 0.717) is 11.8 Å². The zero-order valence-corrected chi connectivity index (χ0v) is 36.8.